The van der Waals surface area contributed by atoms with Crippen molar-refractivity contribution in [2.24, 2.45) is 4.99 Å². The fourth-order valence-corrected chi connectivity index (χ4v) is 3.36. The van der Waals surface area contributed by atoms with Crippen LogP contribution >= 0.6 is 34.4 Å². The van der Waals surface area contributed by atoms with Crippen molar-refractivity contribution in [2.75, 3.05) is 21.2 Å². The summed E-state index contributed by atoms with van der Waals surface area (Å²) in [5.74, 6) is 0.817. The van der Waals surface area contributed by atoms with E-state index in [1.54, 1.807) is 26.1 Å². The highest BCUT2D eigenvalue weighted by atomic mass is 127. The largest absolute Gasteiger partial charge is 0.496 e. The van der Waals surface area contributed by atoms with E-state index in [1.807, 2.05) is 24.3 Å². The maximum atomic E-state index is 12.0. The molecule has 6 heteroatoms. The number of ether oxygens (including phenoxy) is 1. The first-order valence-electron chi connectivity index (χ1n) is 5.54. The zero-order valence-corrected chi connectivity index (χ0v) is 13.8. The van der Waals surface area contributed by atoms with Gasteiger partial charge in [0.15, 0.2) is 5.17 Å². The molecule has 4 nitrogen and oxygen atoms in total. The van der Waals surface area contributed by atoms with E-state index in [4.69, 9.17) is 4.74 Å². The van der Waals surface area contributed by atoms with Crippen LogP contribution in [0.15, 0.2) is 28.1 Å². The third-order valence-electron chi connectivity index (χ3n) is 2.67. The molecule has 1 saturated heterocycles. The number of thioether (sulfide) groups is 1. The quantitative estimate of drug-likeness (QED) is 0.578. The van der Waals surface area contributed by atoms with Crippen LogP contribution in [0.4, 0.5) is 0 Å². The van der Waals surface area contributed by atoms with E-state index in [0.717, 1.165) is 20.1 Å². The van der Waals surface area contributed by atoms with Gasteiger partial charge in [-0.05, 0) is 58.1 Å². The maximum absolute atomic E-state index is 12.0. The van der Waals surface area contributed by atoms with Crippen LogP contribution in [0.5, 0.6) is 5.75 Å². The van der Waals surface area contributed by atoms with E-state index in [2.05, 4.69) is 27.6 Å². The van der Waals surface area contributed by atoms with Gasteiger partial charge in [-0.15, -0.1) is 0 Å². The van der Waals surface area contributed by atoms with E-state index in [9.17, 15) is 4.79 Å². The van der Waals surface area contributed by atoms with Crippen molar-refractivity contribution in [1.82, 2.24) is 4.90 Å². The first-order valence-corrected chi connectivity index (χ1v) is 7.44. The Hall–Kier alpha value is -1.02. The van der Waals surface area contributed by atoms with Crippen molar-refractivity contribution in [3.05, 3.63) is 32.2 Å². The van der Waals surface area contributed by atoms with Gasteiger partial charge in [-0.25, -0.2) is 0 Å². The molecule has 1 heterocycles. The van der Waals surface area contributed by atoms with Crippen molar-refractivity contribution < 1.29 is 9.53 Å². The zero-order chi connectivity index (χ0) is 14.0. The van der Waals surface area contributed by atoms with Gasteiger partial charge in [-0.1, -0.05) is 6.07 Å². The Bertz CT molecular complexity index is 584. The number of amides is 1. The van der Waals surface area contributed by atoms with E-state index in [0.29, 0.717) is 4.91 Å². The molecule has 0 atom stereocenters. The summed E-state index contributed by atoms with van der Waals surface area (Å²) in [5, 5.41) is 0.722. The molecule has 100 valence electrons. The molecule has 1 aromatic rings. The minimum absolute atomic E-state index is 0.0172. The molecule has 0 aliphatic carbocycles. The Balaban J connectivity index is 2.32. The van der Waals surface area contributed by atoms with Crippen LogP contribution in [-0.4, -0.2) is 37.2 Å². The highest BCUT2D eigenvalue weighted by Crippen LogP contribution is 2.32. The van der Waals surface area contributed by atoms with Gasteiger partial charge in [0.1, 0.15) is 5.75 Å². The molecule has 1 aliphatic heterocycles. The second-order valence-electron chi connectivity index (χ2n) is 3.87. The number of carbonyl (C=O) groups excluding carboxylic acids is 1. The molecule has 0 aromatic heterocycles. The fraction of sp³-hybridized carbons (Fsp3) is 0.231. The van der Waals surface area contributed by atoms with Gasteiger partial charge in [-0.2, -0.15) is 0 Å². The topological polar surface area (TPSA) is 41.9 Å². The predicted octanol–water partition coefficient (Wildman–Crippen LogP) is 2.83. The van der Waals surface area contributed by atoms with Crippen molar-refractivity contribution in [1.29, 1.82) is 0 Å². The summed E-state index contributed by atoms with van der Waals surface area (Å²) in [7, 11) is 5.06. The number of amidine groups is 1. The SMILES string of the molecule is CN=C1S/C(=C\c2ccc(OC)c(I)c2)C(=O)N1C. The first-order chi connectivity index (χ1) is 9.06. The highest BCUT2D eigenvalue weighted by Gasteiger charge is 2.29. The van der Waals surface area contributed by atoms with Gasteiger partial charge in [-0.3, -0.25) is 14.7 Å². The summed E-state index contributed by atoms with van der Waals surface area (Å²) in [5.41, 5.74) is 0.979. The molecule has 2 rings (SSSR count). The second-order valence-corrected chi connectivity index (χ2v) is 6.05. The minimum Gasteiger partial charge on any atom is -0.496 e. The first kappa shape index (κ1) is 14.4. The van der Waals surface area contributed by atoms with Gasteiger partial charge in [0, 0.05) is 14.1 Å². The summed E-state index contributed by atoms with van der Waals surface area (Å²) < 4.78 is 6.23. The molecule has 0 N–H and O–H groups in total. The monoisotopic (exact) mass is 388 g/mol. The molecule has 1 aliphatic rings. The molecular formula is C13H13IN2O2S. The van der Waals surface area contributed by atoms with Crippen molar-refractivity contribution in [3.63, 3.8) is 0 Å². The lowest BCUT2D eigenvalue weighted by molar-refractivity contribution is -0.121. The Morgan fingerprint density at radius 3 is 2.74 bits per heavy atom. The molecule has 1 aromatic carbocycles. The average Bonchev–Trinajstić information content (AvgIpc) is 2.67. The average molecular weight is 388 g/mol. The van der Waals surface area contributed by atoms with Gasteiger partial charge < -0.3 is 4.74 Å². The van der Waals surface area contributed by atoms with Crippen LogP contribution < -0.4 is 4.74 Å². The lowest BCUT2D eigenvalue weighted by Gasteiger charge is -2.05. The number of methoxy groups -OCH3 is 1. The highest BCUT2D eigenvalue weighted by molar-refractivity contribution is 14.1. The molecule has 0 spiro atoms. The Labute approximate surface area is 130 Å². The van der Waals surface area contributed by atoms with Gasteiger partial charge in [0.25, 0.3) is 5.91 Å². The van der Waals surface area contributed by atoms with Crippen LogP contribution in [0, 0.1) is 3.57 Å². The van der Waals surface area contributed by atoms with Crippen LogP contribution in [0.1, 0.15) is 5.56 Å². The van der Waals surface area contributed by atoms with E-state index in [-0.39, 0.29) is 5.91 Å². The molecule has 0 radical (unpaired) electrons. The molecule has 0 unspecified atom stereocenters. The van der Waals surface area contributed by atoms with Crippen molar-refractivity contribution >= 4 is 51.5 Å². The van der Waals surface area contributed by atoms with Crippen LogP contribution in [0.2, 0.25) is 0 Å². The number of rotatable bonds is 2. The number of benzene rings is 1. The summed E-state index contributed by atoms with van der Waals surface area (Å²) in [6.07, 6.45) is 1.88. The smallest absolute Gasteiger partial charge is 0.266 e. The van der Waals surface area contributed by atoms with Gasteiger partial charge in [0.2, 0.25) is 0 Å². The summed E-state index contributed by atoms with van der Waals surface area (Å²) in [6, 6.07) is 5.82. The van der Waals surface area contributed by atoms with Gasteiger partial charge >= 0.3 is 0 Å². The standard InChI is InChI=1S/C13H13IN2O2S/c1-15-13-16(2)12(17)11(19-13)7-8-4-5-10(18-3)9(14)6-8/h4-7H,1-3H3/b11-7-,15-13?. The summed E-state index contributed by atoms with van der Waals surface area (Å²) >= 11 is 3.60. The number of halogens is 1. The van der Waals surface area contributed by atoms with Crippen LogP contribution in [0.3, 0.4) is 0 Å². The number of likely N-dealkylation sites (N-methyl/N-ethyl adjacent to an activating group) is 1. The lowest BCUT2D eigenvalue weighted by Crippen LogP contribution is -2.23. The van der Waals surface area contributed by atoms with Crippen LogP contribution in [0.25, 0.3) is 6.08 Å². The summed E-state index contributed by atoms with van der Waals surface area (Å²) in [6.45, 7) is 0. The maximum Gasteiger partial charge on any atom is 0.266 e. The third-order valence-corrected chi connectivity index (χ3v) is 4.66. The van der Waals surface area contributed by atoms with E-state index >= 15 is 0 Å². The van der Waals surface area contributed by atoms with Gasteiger partial charge in [0.05, 0.1) is 15.6 Å². The van der Waals surface area contributed by atoms with Crippen molar-refractivity contribution in [2.45, 2.75) is 0 Å². The van der Waals surface area contributed by atoms with E-state index < -0.39 is 0 Å². The third kappa shape index (κ3) is 2.94. The molecular weight excluding hydrogens is 375 g/mol. The number of carbonyl (C=O) groups is 1. The fourth-order valence-electron chi connectivity index (χ4n) is 1.67. The molecule has 1 fully saturated rings. The number of aliphatic imine (C=N–C) groups is 1. The number of hydrogen-bond acceptors (Lipinski definition) is 4. The van der Waals surface area contributed by atoms with Crippen molar-refractivity contribution in [3.8, 4) is 5.75 Å². The van der Waals surface area contributed by atoms with Crippen LogP contribution in [-0.2, 0) is 4.79 Å². The molecule has 1 amide bonds. The summed E-state index contributed by atoms with van der Waals surface area (Å²) in [4.78, 5) is 18.3. The lowest BCUT2D eigenvalue weighted by atomic mass is 10.2. The predicted molar refractivity (Wildman–Crippen MR) is 87.4 cm³/mol. The normalized spacial score (nSPS) is 19.6. The molecule has 0 bridgehead atoms. The van der Waals surface area contributed by atoms with E-state index in [1.165, 1.54) is 11.8 Å². The molecule has 0 saturated carbocycles. The number of hydrogen-bond donors (Lipinski definition) is 0. The zero-order valence-electron chi connectivity index (χ0n) is 10.8. The second kappa shape index (κ2) is 5.96. The molecule has 19 heavy (non-hydrogen) atoms. The Morgan fingerprint density at radius 2 is 2.21 bits per heavy atom. The number of nitrogens with zero attached hydrogens (tertiary/aromatic N) is 2. The Kier molecular flexibility index (Phi) is 4.51. The Morgan fingerprint density at radius 1 is 1.47 bits per heavy atom. The minimum atomic E-state index is -0.0172.